The lowest BCUT2D eigenvalue weighted by molar-refractivity contribution is -0.145. The maximum absolute atomic E-state index is 12.7. The van der Waals surface area contributed by atoms with Crippen molar-refractivity contribution in [3.05, 3.63) is 48.6 Å². The first-order chi connectivity index (χ1) is 9.57. The van der Waals surface area contributed by atoms with Gasteiger partial charge in [0.2, 0.25) is 5.91 Å². The summed E-state index contributed by atoms with van der Waals surface area (Å²) < 4.78 is 0. The van der Waals surface area contributed by atoms with E-state index in [9.17, 15) is 14.4 Å². The summed E-state index contributed by atoms with van der Waals surface area (Å²) >= 11 is 0. The van der Waals surface area contributed by atoms with Gasteiger partial charge in [-0.05, 0) is 12.0 Å². The molecule has 4 amide bonds. The highest BCUT2D eigenvalue weighted by Crippen LogP contribution is 2.33. The van der Waals surface area contributed by atoms with Crippen LogP contribution in [0.4, 0.5) is 4.79 Å². The maximum Gasteiger partial charge on any atom is 0.331 e. The average molecular weight is 272 g/mol. The molecule has 5 heteroatoms. The summed E-state index contributed by atoms with van der Waals surface area (Å²) in [4.78, 5) is 37.8. The van der Waals surface area contributed by atoms with Gasteiger partial charge < -0.3 is 0 Å². The Hall–Kier alpha value is -2.43. The van der Waals surface area contributed by atoms with Crippen LogP contribution in [-0.2, 0) is 15.0 Å². The average Bonchev–Trinajstić information content (AvgIpc) is 2.45. The molecule has 20 heavy (non-hydrogen) atoms. The predicted octanol–water partition coefficient (Wildman–Crippen LogP) is 1.60. The van der Waals surface area contributed by atoms with E-state index in [1.54, 1.807) is 31.2 Å². The molecule has 0 spiro atoms. The lowest BCUT2D eigenvalue weighted by Crippen LogP contribution is -2.65. The van der Waals surface area contributed by atoms with Gasteiger partial charge in [-0.25, -0.2) is 4.79 Å². The number of urea groups is 1. The van der Waals surface area contributed by atoms with E-state index >= 15 is 0 Å². The molecule has 0 aliphatic carbocycles. The number of nitrogens with zero attached hydrogens (tertiary/aromatic N) is 1. The second kappa shape index (κ2) is 5.28. The molecule has 1 unspecified atom stereocenters. The topological polar surface area (TPSA) is 66.5 Å². The number of rotatable bonds is 4. The summed E-state index contributed by atoms with van der Waals surface area (Å²) in [5.41, 5.74) is -0.760. The van der Waals surface area contributed by atoms with Crippen molar-refractivity contribution < 1.29 is 14.4 Å². The van der Waals surface area contributed by atoms with Crippen LogP contribution >= 0.6 is 0 Å². The Balaban J connectivity index is 2.55. The van der Waals surface area contributed by atoms with Crippen molar-refractivity contribution in [1.29, 1.82) is 0 Å². The van der Waals surface area contributed by atoms with Crippen molar-refractivity contribution in [2.24, 2.45) is 0 Å². The molecule has 0 aromatic heterocycles. The van der Waals surface area contributed by atoms with E-state index in [1.807, 2.05) is 6.07 Å². The fraction of sp³-hybridized carbons (Fsp3) is 0.267. The molecule has 1 saturated heterocycles. The first-order valence-electron chi connectivity index (χ1n) is 6.41. The Morgan fingerprint density at radius 3 is 2.45 bits per heavy atom. The smallest absolute Gasteiger partial charge is 0.276 e. The van der Waals surface area contributed by atoms with Crippen LogP contribution in [0.2, 0.25) is 0 Å². The Kier molecular flexibility index (Phi) is 3.70. The number of amides is 4. The van der Waals surface area contributed by atoms with Crippen LogP contribution in [0, 0.1) is 0 Å². The minimum absolute atomic E-state index is 0.0759. The third kappa shape index (κ3) is 1.91. The number of hydrogen-bond acceptors (Lipinski definition) is 3. The third-order valence-corrected chi connectivity index (χ3v) is 3.57. The second-order valence-electron chi connectivity index (χ2n) is 4.59. The molecule has 1 atom stereocenters. The highest BCUT2D eigenvalue weighted by Gasteiger charge is 2.53. The minimum Gasteiger partial charge on any atom is -0.276 e. The van der Waals surface area contributed by atoms with Crippen molar-refractivity contribution in [2.45, 2.75) is 18.8 Å². The van der Waals surface area contributed by atoms with Gasteiger partial charge in [-0.15, -0.1) is 6.58 Å². The number of barbiturate groups is 1. The van der Waals surface area contributed by atoms with Gasteiger partial charge in [-0.1, -0.05) is 43.3 Å². The number of benzene rings is 1. The molecule has 0 radical (unpaired) electrons. The van der Waals surface area contributed by atoms with E-state index in [0.717, 1.165) is 4.90 Å². The first kappa shape index (κ1) is 14.0. The monoisotopic (exact) mass is 272 g/mol. The molecule has 5 nitrogen and oxygen atoms in total. The van der Waals surface area contributed by atoms with E-state index in [1.165, 1.54) is 6.08 Å². The van der Waals surface area contributed by atoms with Crippen LogP contribution < -0.4 is 5.32 Å². The SMILES string of the molecule is C=CCN1C(=O)NC(=O)C(CC)(c2ccccc2)C1=O. The molecule has 1 N–H and O–H groups in total. The number of hydrogen-bond donors (Lipinski definition) is 1. The van der Waals surface area contributed by atoms with Crippen molar-refractivity contribution in [2.75, 3.05) is 6.54 Å². The Labute approximate surface area is 117 Å². The van der Waals surface area contributed by atoms with Gasteiger partial charge in [-0.2, -0.15) is 0 Å². The molecule has 1 aromatic carbocycles. The van der Waals surface area contributed by atoms with E-state index in [0.29, 0.717) is 5.56 Å². The van der Waals surface area contributed by atoms with Gasteiger partial charge in [0.05, 0.1) is 0 Å². The number of carbonyl (C=O) groups is 3. The van der Waals surface area contributed by atoms with Gasteiger partial charge in [0.15, 0.2) is 5.41 Å². The first-order valence-corrected chi connectivity index (χ1v) is 6.41. The van der Waals surface area contributed by atoms with Crippen molar-refractivity contribution in [1.82, 2.24) is 10.2 Å². The van der Waals surface area contributed by atoms with Crippen LogP contribution in [0.5, 0.6) is 0 Å². The standard InChI is InChI=1S/C15H16N2O3/c1-3-10-17-13(19)15(4-2,12(18)16-14(17)20)11-8-6-5-7-9-11/h3,5-9H,1,4,10H2,2H3,(H,16,18,20). The van der Waals surface area contributed by atoms with Crippen LogP contribution in [0.1, 0.15) is 18.9 Å². The zero-order valence-electron chi connectivity index (χ0n) is 11.3. The Morgan fingerprint density at radius 1 is 1.25 bits per heavy atom. The third-order valence-electron chi connectivity index (χ3n) is 3.57. The zero-order chi connectivity index (χ0) is 14.8. The van der Waals surface area contributed by atoms with E-state index in [-0.39, 0.29) is 13.0 Å². The summed E-state index contributed by atoms with van der Waals surface area (Å²) in [7, 11) is 0. The van der Waals surface area contributed by atoms with Crippen LogP contribution in [0.3, 0.4) is 0 Å². The lowest BCUT2D eigenvalue weighted by Gasteiger charge is -2.38. The molecule has 1 aliphatic heterocycles. The molecule has 2 rings (SSSR count). The Morgan fingerprint density at radius 2 is 1.90 bits per heavy atom. The van der Waals surface area contributed by atoms with Crippen molar-refractivity contribution >= 4 is 17.8 Å². The molecule has 1 aliphatic rings. The molecule has 1 heterocycles. The van der Waals surface area contributed by atoms with E-state index in [2.05, 4.69) is 11.9 Å². The zero-order valence-corrected chi connectivity index (χ0v) is 11.3. The summed E-state index contributed by atoms with van der Waals surface area (Å²) in [6.45, 7) is 5.36. The largest absolute Gasteiger partial charge is 0.331 e. The van der Waals surface area contributed by atoms with Crippen LogP contribution in [0.15, 0.2) is 43.0 Å². The number of nitrogens with one attached hydrogen (secondary N) is 1. The lowest BCUT2D eigenvalue weighted by atomic mass is 9.75. The normalized spacial score (nSPS) is 22.6. The highest BCUT2D eigenvalue weighted by molar-refractivity contribution is 6.22. The van der Waals surface area contributed by atoms with E-state index < -0.39 is 23.3 Å². The summed E-state index contributed by atoms with van der Waals surface area (Å²) in [6, 6.07) is 8.10. The molecular weight excluding hydrogens is 256 g/mol. The maximum atomic E-state index is 12.7. The minimum atomic E-state index is -1.35. The number of imide groups is 2. The Bertz CT molecular complexity index is 568. The second-order valence-corrected chi connectivity index (χ2v) is 4.59. The molecule has 104 valence electrons. The summed E-state index contributed by atoms with van der Waals surface area (Å²) in [5.74, 6) is -1.07. The fourth-order valence-electron chi connectivity index (χ4n) is 2.48. The molecular formula is C15H16N2O3. The van der Waals surface area contributed by atoms with Crippen molar-refractivity contribution in [3.63, 3.8) is 0 Å². The van der Waals surface area contributed by atoms with Gasteiger partial charge >= 0.3 is 6.03 Å². The van der Waals surface area contributed by atoms with Crippen molar-refractivity contribution in [3.8, 4) is 0 Å². The van der Waals surface area contributed by atoms with Crippen LogP contribution in [0.25, 0.3) is 0 Å². The number of carbonyl (C=O) groups excluding carboxylic acids is 3. The fourth-order valence-corrected chi connectivity index (χ4v) is 2.48. The summed E-state index contributed by atoms with van der Waals surface area (Å²) in [5, 5.41) is 2.26. The molecule has 1 fully saturated rings. The molecule has 0 bridgehead atoms. The van der Waals surface area contributed by atoms with E-state index in [4.69, 9.17) is 0 Å². The van der Waals surface area contributed by atoms with Gasteiger partial charge in [0.1, 0.15) is 0 Å². The quantitative estimate of drug-likeness (QED) is 0.668. The summed E-state index contributed by atoms with van der Waals surface area (Å²) in [6.07, 6.45) is 1.74. The van der Waals surface area contributed by atoms with Crippen LogP contribution in [-0.4, -0.2) is 29.3 Å². The highest BCUT2D eigenvalue weighted by atomic mass is 16.2. The molecule has 1 aromatic rings. The van der Waals surface area contributed by atoms with Gasteiger partial charge in [-0.3, -0.25) is 19.8 Å². The molecule has 0 saturated carbocycles. The van der Waals surface area contributed by atoms with Gasteiger partial charge in [0, 0.05) is 6.54 Å². The van der Waals surface area contributed by atoms with Gasteiger partial charge in [0.25, 0.3) is 5.91 Å². The predicted molar refractivity (Wildman–Crippen MR) is 73.9 cm³/mol.